The van der Waals surface area contributed by atoms with Gasteiger partial charge in [0.1, 0.15) is 12.3 Å². The number of hydrogen-bond acceptors (Lipinski definition) is 5. The van der Waals surface area contributed by atoms with Gasteiger partial charge in [-0.3, -0.25) is 14.6 Å². The Bertz CT molecular complexity index is 1250. The van der Waals surface area contributed by atoms with Gasteiger partial charge in [0.05, 0.1) is 36.3 Å². The van der Waals surface area contributed by atoms with E-state index in [4.69, 9.17) is 9.73 Å². The monoisotopic (exact) mass is 468 g/mol. The van der Waals surface area contributed by atoms with E-state index < -0.39 is 0 Å². The smallest absolute Gasteiger partial charge is 0.242 e. The number of anilines is 2. The number of piperazine rings is 1. The lowest BCUT2D eigenvalue weighted by molar-refractivity contribution is -0.131. The van der Waals surface area contributed by atoms with Crippen molar-refractivity contribution in [2.75, 3.05) is 49.6 Å². The fourth-order valence-corrected chi connectivity index (χ4v) is 4.64. The number of fused-ring (bicyclic) bond motifs is 1. The Morgan fingerprint density at radius 3 is 2.26 bits per heavy atom. The minimum Gasteiger partial charge on any atom is -0.495 e. The maximum atomic E-state index is 13.3. The van der Waals surface area contributed by atoms with E-state index in [9.17, 15) is 9.59 Å². The highest BCUT2D eigenvalue weighted by atomic mass is 16.5. The minimum absolute atomic E-state index is 0.00208. The quantitative estimate of drug-likeness (QED) is 0.570. The number of amides is 2. The van der Waals surface area contributed by atoms with E-state index in [2.05, 4.69) is 4.90 Å². The molecule has 0 unspecified atom stereocenters. The molecule has 0 aliphatic carbocycles. The summed E-state index contributed by atoms with van der Waals surface area (Å²) in [5, 5.41) is 0. The molecule has 0 radical (unpaired) electrons. The molecule has 1 fully saturated rings. The SMILES string of the molecule is COc1ccccc1N1CCN(C(=O)CN2C(=O)CC(c3ccccc3)=Nc3ccccc32)CC1. The summed E-state index contributed by atoms with van der Waals surface area (Å²) in [6.45, 7) is 2.59. The lowest BCUT2D eigenvalue weighted by atomic mass is 10.1. The lowest BCUT2D eigenvalue weighted by Crippen LogP contribution is -2.52. The first kappa shape index (κ1) is 22.7. The summed E-state index contributed by atoms with van der Waals surface area (Å²) < 4.78 is 5.49. The molecule has 2 aliphatic rings. The first-order valence-corrected chi connectivity index (χ1v) is 11.8. The molecule has 2 amide bonds. The van der Waals surface area contributed by atoms with Gasteiger partial charge in [-0.25, -0.2) is 0 Å². The van der Waals surface area contributed by atoms with Crippen molar-refractivity contribution in [3.63, 3.8) is 0 Å². The Morgan fingerprint density at radius 2 is 1.51 bits per heavy atom. The van der Waals surface area contributed by atoms with E-state index in [0.29, 0.717) is 43.3 Å². The third kappa shape index (κ3) is 4.75. The zero-order valence-electron chi connectivity index (χ0n) is 19.8. The molecule has 0 aromatic heterocycles. The van der Waals surface area contributed by atoms with Crippen LogP contribution in [0.15, 0.2) is 83.9 Å². The number of nitrogens with zero attached hydrogens (tertiary/aromatic N) is 4. The predicted octanol–water partition coefficient (Wildman–Crippen LogP) is 3.90. The average molecular weight is 469 g/mol. The molecule has 3 aromatic carbocycles. The molecule has 2 heterocycles. The van der Waals surface area contributed by atoms with Crippen molar-refractivity contribution < 1.29 is 14.3 Å². The number of para-hydroxylation sites is 4. The second kappa shape index (κ2) is 10.0. The highest BCUT2D eigenvalue weighted by Gasteiger charge is 2.29. The summed E-state index contributed by atoms with van der Waals surface area (Å²) in [6.07, 6.45) is 0.146. The van der Waals surface area contributed by atoms with Crippen LogP contribution >= 0.6 is 0 Å². The summed E-state index contributed by atoms with van der Waals surface area (Å²) in [5.41, 5.74) is 4.03. The van der Waals surface area contributed by atoms with Crippen molar-refractivity contribution in [3.8, 4) is 5.75 Å². The van der Waals surface area contributed by atoms with Gasteiger partial charge < -0.3 is 19.4 Å². The molecule has 0 atom stereocenters. The minimum atomic E-state index is -0.126. The Morgan fingerprint density at radius 1 is 0.857 bits per heavy atom. The number of carbonyl (C=O) groups is 2. The summed E-state index contributed by atoms with van der Waals surface area (Å²) in [6, 6.07) is 25.2. The molecule has 0 bridgehead atoms. The highest BCUT2D eigenvalue weighted by molar-refractivity contribution is 6.18. The lowest BCUT2D eigenvalue weighted by Gasteiger charge is -2.37. The Balaban J connectivity index is 1.30. The summed E-state index contributed by atoms with van der Waals surface area (Å²) in [7, 11) is 1.67. The molecule has 178 valence electrons. The number of rotatable bonds is 5. The van der Waals surface area contributed by atoms with E-state index in [-0.39, 0.29) is 24.8 Å². The van der Waals surface area contributed by atoms with Crippen LogP contribution in [-0.2, 0) is 9.59 Å². The van der Waals surface area contributed by atoms with Gasteiger partial charge in [0.2, 0.25) is 11.8 Å². The van der Waals surface area contributed by atoms with Gasteiger partial charge >= 0.3 is 0 Å². The summed E-state index contributed by atoms with van der Waals surface area (Å²) >= 11 is 0. The highest BCUT2D eigenvalue weighted by Crippen LogP contribution is 2.33. The maximum absolute atomic E-state index is 13.3. The third-order valence-corrected chi connectivity index (χ3v) is 6.51. The maximum Gasteiger partial charge on any atom is 0.242 e. The van der Waals surface area contributed by atoms with E-state index in [1.807, 2.05) is 83.8 Å². The van der Waals surface area contributed by atoms with Crippen molar-refractivity contribution >= 4 is 34.6 Å². The van der Waals surface area contributed by atoms with Gasteiger partial charge in [0.25, 0.3) is 0 Å². The first-order chi connectivity index (χ1) is 17.1. The van der Waals surface area contributed by atoms with Crippen molar-refractivity contribution in [2.24, 2.45) is 4.99 Å². The molecule has 2 aliphatic heterocycles. The zero-order chi connectivity index (χ0) is 24.2. The Labute approximate surface area is 205 Å². The number of hydrogen-bond donors (Lipinski definition) is 0. The predicted molar refractivity (Wildman–Crippen MR) is 138 cm³/mol. The fourth-order valence-electron chi connectivity index (χ4n) is 4.64. The van der Waals surface area contributed by atoms with Crippen molar-refractivity contribution in [3.05, 3.63) is 84.4 Å². The van der Waals surface area contributed by atoms with Crippen LogP contribution in [0.5, 0.6) is 5.75 Å². The van der Waals surface area contributed by atoms with Crippen LogP contribution in [-0.4, -0.2) is 62.3 Å². The molecule has 5 rings (SSSR count). The molecule has 0 spiro atoms. The van der Waals surface area contributed by atoms with Crippen LogP contribution in [0.3, 0.4) is 0 Å². The van der Waals surface area contributed by atoms with Gasteiger partial charge in [-0.1, -0.05) is 54.6 Å². The van der Waals surface area contributed by atoms with Crippen molar-refractivity contribution in [1.29, 1.82) is 0 Å². The molecule has 1 saturated heterocycles. The van der Waals surface area contributed by atoms with Crippen LogP contribution < -0.4 is 14.5 Å². The van der Waals surface area contributed by atoms with Crippen LogP contribution in [0.25, 0.3) is 0 Å². The van der Waals surface area contributed by atoms with Crippen LogP contribution in [0.4, 0.5) is 17.1 Å². The van der Waals surface area contributed by atoms with Crippen LogP contribution in [0.1, 0.15) is 12.0 Å². The Hall–Kier alpha value is -4.13. The fraction of sp³-hybridized carbons (Fsp3) is 0.250. The Kier molecular flexibility index (Phi) is 6.48. The van der Waals surface area contributed by atoms with E-state index in [1.165, 1.54) is 0 Å². The average Bonchev–Trinajstić information content (AvgIpc) is 3.05. The van der Waals surface area contributed by atoms with Crippen LogP contribution in [0.2, 0.25) is 0 Å². The van der Waals surface area contributed by atoms with Gasteiger partial charge in [0, 0.05) is 26.2 Å². The molecule has 7 heteroatoms. The number of benzene rings is 3. The number of ether oxygens (including phenoxy) is 1. The summed E-state index contributed by atoms with van der Waals surface area (Å²) in [4.78, 5) is 37.1. The number of aliphatic imine (C=N–C) groups is 1. The third-order valence-electron chi connectivity index (χ3n) is 6.51. The number of methoxy groups -OCH3 is 1. The van der Waals surface area contributed by atoms with Crippen molar-refractivity contribution in [2.45, 2.75) is 6.42 Å². The number of carbonyl (C=O) groups excluding carboxylic acids is 2. The largest absolute Gasteiger partial charge is 0.495 e. The van der Waals surface area contributed by atoms with E-state index >= 15 is 0 Å². The van der Waals surface area contributed by atoms with Gasteiger partial charge in [-0.15, -0.1) is 0 Å². The topological polar surface area (TPSA) is 65.5 Å². The van der Waals surface area contributed by atoms with Gasteiger partial charge in [0.15, 0.2) is 0 Å². The molecule has 0 N–H and O–H groups in total. The van der Waals surface area contributed by atoms with E-state index in [0.717, 1.165) is 17.0 Å². The van der Waals surface area contributed by atoms with Gasteiger partial charge in [-0.2, -0.15) is 0 Å². The molecule has 3 aromatic rings. The second-order valence-electron chi connectivity index (χ2n) is 8.61. The van der Waals surface area contributed by atoms with Crippen LogP contribution in [0, 0.1) is 0 Å². The zero-order valence-corrected chi connectivity index (χ0v) is 19.8. The molecular formula is C28H28N4O3. The molecule has 35 heavy (non-hydrogen) atoms. The second-order valence-corrected chi connectivity index (χ2v) is 8.61. The van der Waals surface area contributed by atoms with Crippen molar-refractivity contribution in [1.82, 2.24) is 4.90 Å². The standard InChI is InChI=1S/C28H28N4O3/c1-35-26-14-8-7-13-25(26)30-15-17-31(18-16-30)28(34)20-32-24-12-6-5-11-22(24)29-23(19-27(32)33)21-9-3-2-4-10-21/h2-14H,15-20H2,1H3. The molecule has 7 nitrogen and oxygen atoms in total. The van der Waals surface area contributed by atoms with Gasteiger partial charge in [-0.05, 0) is 29.8 Å². The normalized spacial score (nSPS) is 15.9. The molecular weight excluding hydrogens is 440 g/mol. The first-order valence-electron chi connectivity index (χ1n) is 11.8. The van der Waals surface area contributed by atoms with E-state index in [1.54, 1.807) is 12.0 Å². The molecule has 0 saturated carbocycles. The summed E-state index contributed by atoms with van der Waals surface area (Å²) in [5.74, 6) is 0.641.